The predicted octanol–water partition coefficient (Wildman–Crippen LogP) is 6.48. The van der Waals surface area contributed by atoms with Gasteiger partial charge in [0.1, 0.15) is 16.7 Å². The summed E-state index contributed by atoms with van der Waals surface area (Å²) in [5.41, 5.74) is 5.94. The molecule has 0 amide bonds. The van der Waals surface area contributed by atoms with Crippen molar-refractivity contribution in [3.8, 4) is 0 Å². The van der Waals surface area contributed by atoms with Gasteiger partial charge in [-0.25, -0.2) is 13.0 Å². The van der Waals surface area contributed by atoms with Gasteiger partial charge in [-0.15, -0.1) is 0 Å². The van der Waals surface area contributed by atoms with Crippen LogP contribution < -0.4 is 5.32 Å². The molecule has 0 heterocycles. The molecule has 4 aromatic rings. The van der Waals surface area contributed by atoms with Crippen LogP contribution in [-0.2, 0) is 33.2 Å². The number of allylic oxidation sites excluding steroid dienone is 5. The summed E-state index contributed by atoms with van der Waals surface area (Å²) in [7, 11) is -9.91. The molecule has 0 radical (unpaired) electrons. The molecule has 0 saturated carbocycles. The van der Waals surface area contributed by atoms with Crippen LogP contribution in [0.15, 0.2) is 143 Å². The number of aryl methyl sites for hydroxylation is 1. The maximum Gasteiger partial charge on any atom is 0.294 e. The van der Waals surface area contributed by atoms with Crippen LogP contribution in [0.5, 0.6) is 0 Å². The van der Waals surface area contributed by atoms with Crippen molar-refractivity contribution in [2.45, 2.75) is 36.1 Å². The smallest absolute Gasteiger partial charge is 0.294 e. The van der Waals surface area contributed by atoms with Crippen LogP contribution in [0.3, 0.4) is 0 Å². The fourth-order valence-corrected chi connectivity index (χ4v) is 6.80. The predicted molar refractivity (Wildman–Crippen MR) is 184 cm³/mol. The highest BCUT2D eigenvalue weighted by Gasteiger charge is 2.22. The Morgan fingerprint density at radius 2 is 1.40 bits per heavy atom. The van der Waals surface area contributed by atoms with Gasteiger partial charge in [0.05, 0.1) is 9.79 Å². The Bertz CT molecular complexity index is 2050. The molecule has 4 aromatic carbocycles. The summed E-state index contributed by atoms with van der Waals surface area (Å²) in [6.45, 7) is 4.26. The van der Waals surface area contributed by atoms with Gasteiger partial charge < -0.3 is 9.87 Å². The van der Waals surface area contributed by atoms with Gasteiger partial charge in [0.15, 0.2) is 12.3 Å². The Labute approximate surface area is 276 Å². The molecule has 47 heavy (non-hydrogen) atoms. The van der Waals surface area contributed by atoms with E-state index in [9.17, 15) is 25.9 Å². The van der Waals surface area contributed by atoms with Gasteiger partial charge >= 0.3 is 0 Å². The number of hydrogen-bond donors (Lipinski definition) is 2. The first kappa shape index (κ1) is 33.7. The summed E-state index contributed by atoms with van der Waals surface area (Å²) < 4.78 is 73.0. The first-order chi connectivity index (χ1) is 22.5. The van der Waals surface area contributed by atoms with Crippen molar-refractivity contribution in [2.24, 2.45) is 0 Å². The van der Waals surface area contributed by atoms with E-state index in [4.69, 9.17) is 0 Å². The largest absolute Gasteiger partial charge is 0.744 e. The third kappa shape index (κ3) is 8.81. The topological polar surface area (TPSA) is 127 Å². The number of rotatable bonds is 12. The average molecular weight is 669 g/mol. The highest BCUT2D eigenvalue weighted by atomic mass is 32.2. The molecule has 0 spiro atoms. The summed E-state index contributed by atoms with van der Waals surface area (Å²) in [6.07, 6.45) is 9.44. The van der Waals surface area contributed by atoms with E-state index in [-0.39, 0.29) is 5.56 Å². The second-order valence-electron chi connectivity index (χ2n) is 11.1. The lowest BCUT2D eigenvalue weighted by molar-refractivity contribution is -0.539. The molecule has 1 aliphatic carbocycles. The van der Waals surface area contributed by atoms with Crippen LogP contribution in [0.2, 0.25) is 0 Å². The van der Waals surface area contributed by atoms with Crippen molar-refractivity contribution >= 4 is 37.2 Å². The van der Waals surface area contributed by atoms with Gasteiger partial charge in [0.2, 0.25) is 0 Å². The van der Waals surface area contributed by atoms with Crippen molar-refractivity contribution in [3.63, 3.8) is 0 Å². The Morgan fingerprint density at radius 3 is 1.98 bits per heavy atom. The van der Waals surface area contributed by atoms with E-state index in [0.29, 0.717) is 29.3 Å². The molecule has 0 aromatic heterocycles. The highest BCUT2D eigenvalue weighted by Crippen LogP contribution is 2.35. The molecule has 0 fully saturated rings. The van der Waals surface area contributed by atoms with Crippen LogP contribution in [0.25, 0.3) is 5.57 Å². The monoisotopic (exact) mass is 668 g/mol. The van der Waals surface area contributed by atoms with Crippen molar-refractivity contribution in [2.75, 3.05) is 18.4 Å². The van der Waals surface area contributed by atoms with Crippen molar-refractivity contribution < 1.29 is 30.5 Å². The zero-order chi connectivity index (χ0) is 33.4. The Balaban J connectivity index is 1.52. The van der Waals surface area contributed by atoms with E-state index >= 15 is 0 Å². The minimum absolute atomic E-state index is 0.0281. The van der Waals surface area contributed by atoms with E-state index in [1.54, 1.807) is 0 Å². The number of nitrogens with zero attached hydrogens (tertiary/aromatic N) is 1. The molecule has 0 saturated heterocycles. The third-order valence-electron chi connectivity index (χ3n) is 7.90. The summed E-state index contributed by atoms with van der Waals surface area (Å²) >= 11 is 0. The second-order valence-corrected chi connectivity index (χ2v) is 13.9. The Hall–Kier alpha value is -4.61. The average Bonchev–Trinajstić information content (AvgIpc) is 3.07. The fraction of sp³-hybridized carbons (Fsp3) is 0.162. The quantitative estimate of drug-likeness (QED) is 0.101. The lowest BCUT2D eigenvalue weighted by Crippen LogP contribution is -2.19. The minimum Gasteiger partial charge on any atom is -0.744 e. The first-order valence-corrected chi connectivity index (χ1v) is 18.1. The maximum atomic E-state index is 12.5. The van der Waals surface area contributed by atoms with Gasteiger partial charge in [0, 0.05) is 35.5 Å². The molecule has 0 unspecified atom stereocenters. The summed E-state index contributed by atoms with van der Waals surface area (Å²) in [6, 6.07) is 30.8. The van der Waals surface area contributed by atoms with E-state index in [2.05, 4.69) is 41.1 Å². The molecule has 1 aliphatic rings. The molecule has 8 nitrogen and oxygen atoms in total. The van der Waals surface area contributed by atoms with Gasteiger partial charge in [0.25, 0.3) is 10.1 Å². The molecule has 5 rings (SSSR count). The molecule has 2 N–H and O–H groups in total. The maximum absolute atomic E-state index is 12.5. The number of nitrogens with one attached hydrogen (secondary N) is 1. The van der Waals surface area contributed by atoms with Gasteiger partial charge in [-0.05, 0) is 78.5 Å². The molecule has 242 valence electrons. The van der Waals surface area contributed by atoms with Gasteiger partial charge in [-0.1, -0.05) is 78.9 Å². The highest BCUT2D eigenvalue weighted by molar-refractivity contribution is 7.86. The standard InChI is InChI=1S/C37H36N2O6S2/c1-2-39(27-29-12-7-4-8-13-29)33-21-17-31(18-22-33)37(35-24-23-34(46(40,41)42)26-36(35)47(43,44)45)30-15-19-32(20-16-30)38-25-9-14-28-10-5-3-6-11-28/h3-8,10-13,15-24,26H,2,9,14,25,27H2,1H3,(H2,40,41,42,43,44,45). The Morgan fingerprint density at radius 1 is 0.787 bits per heavy atom. The normalized spacial score (nSPS) is 13.1. The number of hydrogen-bond acceptors (Lipinski definition) is 6. The van der Waals surface area contributed by atoms with Crippen LogP contribution in [0.1, 0.15) is 35.6 Å². The zero-order valence-electron chi connectivity index (χ0n) is 25.9. The number of benzene rings is 4. The van der Waals surface area contributed by atoms with Crippen molar-refractivity contribution in [3.05, 3.63) is 155 Å². The molecule has 0 aliphatic heterocycles. The lowest BCUT2D eigenvalue weighted by atomic mass is 9.90. The lowest BCUT2D eigenvalue weighted by Gasteiger charge is -2.20. The molecular formula is C37H36N2O6S2. The van der Waals surface area contributed by atoms with Crippen LogP contribution in [0, 0.1) is 0 Å². The number of anilines is 1. The first-order valence-electron chi connectivity index (χ1n) is 15.3. The van der Waals surface area contributed by atoms with E-state index in [1.807, 2.05) is 85.0 Å². The van der Waals surface area contributed by atoms with E-state index in [1.165, 1.54) is 11.6 Å². The van der Waals surface area contributed by atoms with Crippen LogP contribution >= 0.6 is 0 Å². The zero-order valence-corrected chi connectivity index (χ0v) is 27.5. The third-order valence-corrected chi connectivity index (χ3v) is 9.62. The fourth-order valence-electron chi connectivity index (χ4n) is 5.51. The van der Waals surface area contributed by atoms with Crippen molar-refractivity contribution in [1.29, 1.82) is 0 Å². The summed E-state index contributed by atoms with van der Waals surface area (Å²) in [5.74, 6) is 0. The SMILES string of the molecule is CC[N+](Cc1ccccc1)=C1C=CC(=C(c2ccc(NCCCc3ccccc3)cc2)c2ccc(S(=O)(=O)O)cc2S(=O)(=O)[O-])C=C1. The van der Waals surface area contributed by atoms with Crippen LogP contribution in [-0.4, -0.2) is 49.3 Å². The Kier molecular flexibility index (Phi) is 10.7. The van der Waals surface area contributed by atoms with Gasteiger partial charge in [-0.2, -0.15) is 8.42 Å². The molecule has 0 bridgehead atoms. The van der Waals surface area contributed by atoms with Crippen LogP contribution in [0.4, 0.5) is 5.69 Å². The van der Waals surface area contributed by atoms with Gasteiger partial charge in [-0.3, -0.25) is 4.55 Å². The molecule has 10 heteroatoms. The summed E-state index contributed by atoms with van der Waals surface area (Å²) in [4.78, 5) is -1.42. The molecule has 0 atom stereocenters. The minimum atomic E-state index is -5.15. The van der Waals surface area contributed by atoms with E-state index in [0.717, 1.165) is 49.0 Å². The second kappa shape index (κ2) is 14.9. The van der Waals surface area contributed by atoms with E-state index < -0.39 is 30.0 Å². The summed E-state index contributed by atoms with van der Waals surface area (Å²) in [5, 5.41) is 3.41. The molecular weight excluding hydrogens is 633 g/mol. The van der Waals surface area contributed by atoms with Crippen molar-refractivity contribution in [1.82, 2.24) is 0 Å².